The van der Waals surface area contributed by atoms with Crippen molar-refractivity contribution in [2.75, 3.05) is 23.1 Å². The molecule has 4 rings (SSSR count). The molecule has 7 nitrogen and oxygen atoms in total. The monoisotopic (exact) mass is 439 g/mol. The summed E-state index contributed by atoms with van der Waals surface area (Å²) in [4.78, 5) is 21.5. The first-order chi connectivity index (χ1) is 16.0. The van der Waals surface area contributed by atoms with Gasteiger partial charge in [0.1, 0.15) is 11.6 Å². The van der Waals surface area contributed by atoms with Crippen molar-refractivity contribution in [3.63, 3.8) is 0 Å². The highest BCUT2D eigenvalue weighted by Gasteiger charge is 2.08. The Balaban J connectivity index is 1.42. The molecule has 3 N–H and O–H groups in total. The minimum absolute atomic E-state index is 0.201. The maximum Gasteiger partial charge on any atom is 0.255 e. The van der Waals surface area contributed by atoms with Crippen LogP contribution in [-0.2, 0) is 0 Å². The molecule has 0 saturated carbocycles. The second-order valence-electron chi connectivity index (χ2n) is 7.60. The summed E-state index contributed by atoms with van der Waals surface area (Å²) >= 11 is 0. The molecule has 0 spiro atoms. The third kappa shape index (κ3) is 5.86. The van der Waals surface area contributed by atoms with Crippen molar-refractivity contribution in [3.8, 4) is 5.75 Å². The number of hydrogen-bond donors (Lipinski definition) is 3. The molecule has 1 amide bonds. The molecular formula is C26H25N5O2. The number of rotatable bonds is 7. The van der Waals surface area contributed by atoms with Crippen molar-refractivity contribution in [1.82, 2.24) is 9.97 Å². The number of nitrogens with one attached hydrogen (secondary N) is 3. The zero-order chi connectivity index (χ0) is 23.2. The topological polar surface area (TPSA) is 88.2 Å². The van der Waals surface area contributed by atoms with Gasteiger partial charge in [-0.3, -0.25) is 4.79 Å². The van der Waals surface area contributed by atoms with Gasteiger partial charge in [0.25, 0.3) is 5.91 Å². The SMILES string of the molecule is COc1cccc(C(=O)Nc2ccc(Nc3cc(C)nc(Nc4ccc(C)cc4)n3)cc2)c1. The Labute approximate surface area is 192 Å². The first kappa shape index (κ1) is 21.8. The first-order valence-electron chi connectivity index (χ1n) is 10.5. The molecule has 4 aromatic rings. The molecular weight excluding hydrogens is 414 g/mol. The Bertz CT molecular complexity index is 1250. The van der Waals surface area contributed by atoms with Gasteiger partial charge in [0, 0.05) is 34.4 Å². The Hall–Kier alpha value is -4.39. The van der Waals surface area contributed by atoms with Crippen molar-refractivity contribution in [3.05, 3.63) is 95.7 Å². The number of carbonyl (C=O) groups excluding carboxylic acids is 1. The van der Waals surface area contributed by atoms with Gasteiger partial charge in [0.15, 0.2) is 0 Å². The number of benzene rings is 3. The largest absolute Gasteiger partial charge is 0.497 e. The number of hydrogen-bond acceptors (Lipinski definition) is 6. The van der Waals surface area contributed by atoms with Gasteiger partial charge in [-0.2, -0.15) is 4.98 Å². The highest BCUT2D eigenvalue weighted by molar-refractivity contribution is 6.04. The predicted molar refractivity (Wildman–Crippen MR) is 132 cm³/mol. The average molecular weight is 440 g/mol. The summed E-state index contributed by atoms with van der Waals surface area (Å²) in [5.74, 6) is 1.63. The van der Waals surface area contributed by atoms with Gasteiger partial charge in [-0.15, -0.1) is 0 Å². The predicted octanol–water partition coefficient (Wildman–Crippen LogP) is 5.84. The normalized spacial score (nSPS) is 10.4. The van der Waals surface area contributed by atoms with Gasteiger partial charge in [-0.05, 0) is 68.4 Å². The van der Waals surface area contributed by atoms with Crippen LogP contribution in [0.5, 0.6) is 5.75 Å². The highest BCUT2D eigenvalue weighted by Crippen LogP contribution is 2.22. The number of methoxy groups -OCH3 is 1. The molecule has 0 aliphatic heterocycles. The molecule has 3 aromatic carbocycles. The Morgan fingerprint density at radius 1 is 0.788 bits per heavy atom. The van der Waals surface area contributed by atoms with Crippen molar-refractivity contribution in [2.24, 2.45) is 0 Å². The summed E-state index contributed by atoms with van der Waals surface area (Å²) in [6, 6.07) is 24.4. The molecule has 0 saturated heterocycles. The van der Waals surface area contributed by atoms with Crippen molar-refractivity contribution < 1.29 is 9.53 Å². The van der Waals surface area contributed by atoms with E-state index in [1.807, 2.05) is 68.4 Å². The lowest BCUT2D eigenvalue weighted by Gasteiger charge is -2.11. The Morgan fingerprint density at radius 3 is 2.18 bits per heavy atom. The van der Waals surface area contributed by atoms with Crippen LogP contribution < -0.4 is 20.7 Å². The van der Waals surface area contributed by atoms with Crippen LogP contribution in [-0.4, -0.2) is 23.0 Å². The lowest BCUT2D eigenvalue weighted by Crippen LogP contribution is -2.11. The van der Waals surface area contributed by atoms with E-state index in [-0.39, 0.29) is 5.91 Å². The van der Waals surface area contributed by atoms with Crippen LogP contribution >= 0.6 is 0 Å². The minimum Gasteiger partial charge on any atom is -0.497 e. The van der Waals surface area contributed by atoms with E-state index in [2.05, 4.69) is 25.9 Å². The standard InChI is InChI=1S/C26H25N5O2/c1-17-7-9-22(10-8-17)30-26-27-18(2)15-24(31-26)28-20-11-13-21(14-12-20)29-25(32)19-5-4-6-23(16-19)33-3/h4-16H,1-3H3,(H,29,32)(H2,27,28,30,31). The van der Waals surface area contributed by atoms with E-state index >= 15 is 0 Å². The summed E-state index contributed by atoms with van der Waals surface area (Å²) in [7, 11) is 1.57. The Kier molecular flexibility index (Phi) is 6.50. The van der Waals surface area contributed by atoms with Gasteiger partial charge in [-0.1, -0.05) is 23.8 Å². The number of aromatic nitrogens is 2. The summed E-state index contributed by atoms with van der Waals surface area (Å²) in [5, 5.41) is 9.41. The van der Waals surface area contributed by atoms with E-state index in [0.717, 1.165) is 17.1 Å². The zero-order valence-electron chi connectivity index (χ0n) is 18.7. The van der Waals surface area contributed by atoms with Crippen molar-refractivity contribution in [2.45, 2.75) is 13.8 Å². The zero-order valence-corrected chi connectivity index (χ0v) is 18.7. The van der Waals surface area contributed by atoms with E-state index < -0.39 is 0 Å². The maximum atomic E-state index is 12.5. The van der Waals surface area contributed by atoms with Crippen LogP contribution in [0.15, 0.2) is 78.9 Å². The summed E-state index contributed by atoms with van der Waals surface area (Å²) in [5.41, 5.74) is 5.01. The highest BCUT2D eigenvalue weighted by atomic mass is 16.5. The second-order valence-corrected chi connectivity index (χ2v) is 7.60. The molecule has 1 heterocycles. The summed E-state index contributed by atoms with van der Waals surface area (Å²) in [6.45, 7) is 3.97. The van der Waals surface area contributed by atoms with E-state index in [1.54, 1.807) is 31.4 Å². The second kappa shape index (κ2) is 9.82. The summed E-state index contributed by atoms with van der Waals surface area (Å²) < 4.78 is 5.18. The molecule has 7 heteroatoms. The van der Waals surface area contributed by atoms with Crippen molar-refractivity contribution >= 4 is 34.7 Å². The van der Waals surface area contributed by atoms with Crippen LogP contribution in [0.25, 0.3) is 0 Å². The molecule has 0 atom stereocenters. The molecule has 166 valence electrons. The third-order valence-corrected chi connectivity index (χ3v) is 4.91. The van der Waals surface area contributed by atoms with Gasteiger partial charge in [-0.25, -0.2) is 4.98 Å². The summed E-state index contributed by atoms with van der Waals surface area (Å²) in [6.07, 6.45) is 0. The van der Waals surface area contributed by atoms with E-state index in [4.69, 9.17) is 4.74 Å². The van der Waals surface area contributed by atoms with Gasteiger partial charge >= 0.3 is 0 Å². The van der Waals surface area contributed by atoms with Crippen LogP contribution in [0.3, 0.4) is 0 Å². The maximum absolute atomic E-state index is 12.5. The average Bonchev–Trinajstić information content (AvgIpc) is 2.81. The molecule has 0 fully saturated rings. The smallest absolute Gasteiger partial charge is 0.255 e. The number of ether oxygens (including phenoxy) is 1. The number of anilines is 5. The van der Waals surface area contributed by atoms with Crippen LogP contribution in [0.2, 0.25) is 0 Å². The van der Waals surface area contributed by atoms with Crippen LogP contribution in [0.4, 0.5) is 28.8 Å². The van der Waals surface area contributed by atoms with E-state index in [0.29, 0.717) is 28.8 Å². The quantitative estimate of drug-likeness (QED) is 0.335. The molecule has 0 aliphatic rings. The Morgan fingerprint density at radius 2 is 1.45 bits per heavy atom. The molecule has 0 radical (unpaired) electrons. The molecule has 33 heavy (non-hydrogen) atoms. The number of aryl methyl sites for hydroxylation is 2. The van der Waals surface area contributed by atoms with Crippen molar-refractivity contribution in [1.29, 1.82) is 0 Å². The lowest BCUT2D eigenvalue weighted by atomic mass is 10.2. The minimum atomic E-state index is -0.201. The molecule has 0 bridgehead atoms. The number of carbonyl (C=O) groups is 1. The fourth-order valence-electron chi connectivity index (χ4n) is 3.21. The molecule has 1 aromatic heterocycles. The fourth-order valence-corrected chi connectivity index (χ4v) is 3.21. The first-order valence-corrected chi connectivity index (χ1v) is 10.5. The van der Waals surface area contributed by atoms with Gasteiger partial charge in [0.2, 0.25) is 5.95 Å². The molecule has 0 unspecified atom stereocenters. The van der Waals surface area contributed by atoms with Crippen LogP contribution in [0, 0.1) is 13.8 Å². The number of amides is 1. The lowest BCUT2D eigenvalue weighted by molar-refractivity contribution is 0.102. The molecule has 0 aliphatic carbocycles. The third-order valence-electron chi connectivity index (χ3n) is 4.91. The van der Waals surface area contributed by atoms with E-state index in [1.165, 1.54) is 5.56 Å². The van der Waals surface area contributed by atoms with E-state index in [9.17, 15) is 4.79 Å². The fraction of sp³-hybridized carbons (Fsp3) is 0.115. The van der Waals surface area contributed by atoms with Gasteiger partial charge < -0.3 is 20.7 Å². The van der Waals surface area contributed by atoms with Gasteiger partial charge in [0.05, 0.1) is 7.11 Å². The number of nitrogens with zero attached hydrogens (tertiary/aromatic N) is 2. The van der Waals surface area contributed by atoms with Crippen LogP contribution in [0.1, 0.15) is 21.6 Å².